The fourth-order valence-corrected chi connectivity index (χ4v) is 3.34. The summed E-state index contributed by atoms with van der Waals surface area (Å²) in [4.78, 5) is 14.1. The largest absolute Gasteiger partial charge is 0.433 e. The van der Waals surface area contributed by atoms with E-state index in [9.17, 15) is 18.0 Å². The number of benzene rings is 1. The Hall–Kier alpha value is -2.31. The van der Waals surface area contributed by atoms with E-state index >= 15 is 0 Å². The van der Waals surface area contributed by atoms with Gasteiger partial charge in [0.2, 0.25) is 0 Å². The Labute approximate surface area is 137 Å². The molecule has 2 aromatic rings. The SMILES string of the molecule is Cc1ccccc1C1CCN(C(=O)c2cnn(C)c2C(F)(F)F)C1. The summed E-state index contributed by atoms with van der Waals surface area (Å²) in [6, 6.07) is 7.90. The highest BCUT2D eigenvalue weighted by atomic mass is 19.4. The average molecular weight is 337 g/mol. The van der Waals surface area contributed by atoms with E-state index in [0.717, 1.165) is 23.7 Å². The molecular formula is C17H18F3N3O. The molecule has 4 nitrogen and oxygen atoms in total. The lowest BCUT2D eigenvalue weighted by Gasteiger charge is -2.18. The second-order valence-electron chi connectivity index (χ2n) is 6.12. The number of likely N-dealkylation sites (tertiary alicyclic amines) is 1. The summed E-state index contributed by atoms with van der Waals surface area (Å²) in [6.45, 7) is 2.88. The highest BCUT2D eigenvalue weighted by molar-refractivity contribution is 5.95. The predicted molar refractivity (Wildman–Crippen MR) is 82.7 cm³/mol. The van der Waals surface area contributed by atoms with Gasteiger partial charge in [-0.1, -0.05) is 24.3 Å². The van der Waals surface area contributed by atoms with Crippen LogP contribution in [0, 0.1) is 6.92 Å². The first-order chi connectivity index (χ1) is 11.3. The van der Waals surface area contributed by atoms with Gasteiger partial charge in [-0.15, -0.1) is 0 Å². The summed E-state index contributed by atoms with van der Waals surface area (Å²) >= 11 is 0. The van der Waals surface area contributed by atoms with Crippen LogP contribution in [0.4, 0.5) is 13.2 Å². The molecule has 1 aromatic heterocycles. The van der Waals surface area contributed by atoms with Gasteiger partial charge in [0.15, 0.2) is 5.69 Å². The number of aromatic nitrogens is 2. The molecule has 0 radical (unpaired) electrons. The van der Waals surface area contributed by atoms with Crippen LogP contribution in [-0.4, -0.2) is 33.7 Å². The smallest absolute Gasteiger partial charge is 0.338 e. The molecule has 0 saturated carbocycles. The number of nitrogens with zero attached hydrogens (tertiary/aromatic N) is 3. The number of carbonyl (C=O) groups excluding carboxylic acids is 1. The predicted octanol–water partition coefficient (Wildman–Crippen LogP) is 3.38. The second-order valence-corrected chi connectivity index (χ2v) is 6.12. The number of carbonyl (C=O) groups is 1. The maximum atomic E-state index is 13.2. The van der Waals surface area contributed by atoms with Crippen LogP contribution in [0.3, 0.4) is 0 Å². The molecule has 0 N–H and O–H groups in total. The van der Waals surface area contributed by atoms with Crippen molar-refractivity contribution in [1.29, 1.82) is 0 Å². The molecule has 1 aliphatic rings. The minimum atomic E-state index is -4.61. The molecule has 0 aliphatic carbocycles. The molecular weight excluding hydrogens is 319 g/mol. The van der Waals surface area contributed by atoms with Crippen molar-refractivity contribution in [2.75, 3.05) is 13.1 Å². The van der Waals surface area contributed by atoms with Crippen molar-refractivity contribution in [1.82, 2.24) is 14.7 Å². The third-order valence-electron chi connectivity index (χ3n) is 4.54. The van der Waals surface area contributed by atoms with E-state index in [4.69, 9.17) is 0 Å². The average Bonchev–Trinajstić information content (AvgIpc) is 3.13. The Balaban J connectivity index is 1.82. The highest BCUT2D eigenvalue weighted by Gasteiger charge is 2.41. The highest BCUT2D eigenvalue weighted by Crippen LogP contribution is 2.34. The molecule has 1 atom stereocenters. The van der Waals surface area contributed by atoms with E-state index in [2.05, 4.69) is 5.10 Å². The fourth-order valence-electron chi connectivity index (χ4n) is 3.34. The first kappa shape index (κ1) is 16.5. The van der Waals surface area contributed by atoms with E-state index < -0.39 is 17.8 Å². The number of hydrogen-bond acceptors (Lipinski definition) is 2. The topological polar surface area (TPSA) is 38.1 Å². The van der Waals surface area contributed by atoms with Gasteiger partial charge >= 0.3 is 6.18 Å². The Morgan fingerprint density at radius 1 is 1.29 bits per heavy atom. The first-order valence-corrected chi connectivity index (χ1v) is 7.73. The van der Waals surface area contributed by atoms with Gasteiger partial charge in [-0.3, -0.25) is 9.48 Å². The van der Waals surface area contributed by atoms with E-state index in [1.165, 1.54) is 11.9 Å². The molecule has 1 unspecified atom stereocenters. The normalized spacial score (nSPS) is 18.2. The molecule has 0 bridgehead atoms. The summed E-state index contributed by atoms with van der Waals surface area (Å²) < 4.78 is 40.2. The van der Waals surface area contributed by atoms with E-state index in [-0.39, 0.29) is 11.5 Å². The number of rotatable bonds is 2. The zero-order valence-corrected chi connectivity index (χ0v) is 13.5. The van der Waals surface area contributed by atoms with Gasteiger partial charge in [0.05, 0.1) is 11.8 Å². The van der Waals surface area contributed by atoms with Crippen molar-refractivity contribution in [3.05, 3.63) is 52.8 Å². The van der Waals surface area contributed by atoms with Gasteiger partial charge in [0.25, 0.3) is 5.91 Å². The Bertz CT molecular complexity index is 767. The van der Waals surface area contributed by atoms with Crippen molar-refractivity contribution in [2.24, 2.45) is 7.05 Å². The van der Waals surface area contributed by atoms with Crippen molar-refractivity contribution in [3.63, 3.8) is 0 Å². The molecule has 2 heterocycles. The second kappa shape index (κ2) is 5.96. The van der Waals surface area contributed by atoms with Crippen LogP contribution >= 0.6 is 0 Å². The molecule has 1 amide bonds. The van der Waals surface area contributed by atoms with Crippen LogP contribution < -0.4 is 0 Å². The minimum absolute atomic E-state index is 0.154. The van der Waals surface area contributed by atoms with Crippen LogP contribution in [-0.2, 0) is 13.2 Å². The molecule has 1 aliphatic heterocycles. The Kier molecular flexibility index (Phi) is 4.11. The maximum absolute atomic E-state index is 13.2. The third kappa shape index (κ3) is 2.90. The van der Waals surface area contributed by atoms with Crippen LogP contribution in [0.1, 0.15) is 39.5 Å². The van der Waals surface area contributed by atoms with Gasteiger partial charge in [-0.25, -0.2) is 0 Å². The fraction of sp³-hybridized carbons (Fsp3) is 0.412. The molecule has 128 valence electrons. The Morgan fingerprint density at radius 2 is 2.00 bits per heavy atom. The molecule has 1 aromatic carbocycles. The number of halogens is 3. The van der Waals surface area contributed by atoms with Gasteiger partial charge < -0.3 is 4.90 Å². The van der Waals surface area contributed by atoms with Crippen molar-refractivity contribution < 1.29 is 18.0 Å². The lowest BCUT2D eigenvalue weighted by Crippen LogP contribution is -2.30. The minimum Gasteiger partial charge on any atom is -0.338 e. The van der Waals surface area contributed by atoms with Crippen LogP contribution in [0.15, 0.2) is 30.5 Å². The summed E-state index contributed by atoms with van der Waals surface area (Å²) in [5, 5.41) is 3.62. The van der Waals surface area contributed by atoms with Crippen LogP contribution in [0.5, 0.6) is 0 Å². The Morgan fingerprint density at radius 3 is 2.67 bits per heavy atom. The van der Waals surface area contributed by atoms with Gasteiger partial charge in [0.1, 0.15) is 0 Å². The number of amides is 1. The molecule has 7 heteroatoms. The number of hydrogen-bond donors (Lipinski definition) is 0. The summed E-state index contributed by atoms with van der Waals surface area (Å²) in [5.74, 6) is -0.451. The lowest BCUT2D eigenvalue weighted by atomic mass is 9.94. The maximum Gasteiger partial charge on any atom is 0.433 e. The quantitative estimate of drug-likeness (QED) is 0.843. The zero-order chi connectivity index (χ0) is 17.5. The molecule has 0 spiro atoms. The molecule has 24 heavy (non-hydrogen) atoms. The zero-order valence-electron chi connectivity index (χ0n) is 13.5. The summed E-state index contributed by atoms with van der Waals surface area (Å²) in [7, 11) is 1.19. The van der Waals surface area contributed by atoms with Crippen molar-refractivity contribution in [3.8, 4) is 0 Å². The van der Waals surface area contributed by atoms with Gasteiger partial charge in [-0.2, -0.15) is 18.3 Å². The lowest BCUT2D eigenvalue weighted by molar-refractivity contribution is -0.144. The monoisotopic (exact) mass is 337 g/mol. The molecule has 1 fully saturated rings. The third-order valence-corrected chi connectivity index (χ3v) is 4.54. The van der Waals surface area contributed by atoms with E-state index in [1.54, 1.807) is 0 Å². The van der Waals surface area contributed by atoms with E-state index in [0.29, 0.717) is 17.8 Å². The van der Waals surface area contributed by atoms with Crippen LogP contribution in [0.2, 0.25) is 0 Å². The van der Waals surface area contributed by atoms with Gasteiger partial charge in [0, 0.05) is 26.1 Å². The standard InChI is InChI=1S/C17H18F3N3O/c1-11-5-3-4-6-13(11)12-7-8-23(10-12)16(24)14-9-21-22(2)15(14)17(18,19)20/h3-6,9,12H,7-8,10H2,1-2H3. The summed E-state index contributed by atoms with van der Waals surface area (Å²) in [6.07, 6.45) is -2.85. The van der Waals surface area contributed by atoms with Gasteiger partial charge in [-0.05, 0) is 24.5 Å². The number of alkyl halides is 3. The molecule has 3 rings (SSSR count). The first-order valence-electron chi connectivity index (χ1n) is 7.73. The van der Waals surface area contributed by atoms with Crippen LogP contribution in [0.25, 0.3) is 0 Å². The summed E-state index contributed by atoms with van der Waals surface area (Å²) in [5.41, 5.74) is 0.909. The number of aryl methyl sites for hydroxylation is 2. The van der Waals surface area contributed by atoms with Crippen molar-refractivity contribution in [2.45, 2.75) is 25.4 Å². The van der Waals surface area contributed by atoms with Crippen molar-refractivity contribution >= 4 is 5.91 Å². The van der Waals surface area contributed by atoms with E-state index in [1.807, 2.05) is 31.2 Å². The molecule has 1 saturated heterocycles.